The third-order valence-electron chi connectivity index (χ3n) is 7.74. The van der Waals surface area contributed by atoms with Crippen LogP contribution in [0.2, 0.25) is 0 Å². The van der Waals surface area contributed by atoms with Crippen molar-refractivity contribution in [2.75, 3.05) is 0 Å². The van der Waals surface area contributed by atoms with Crippen molar-refractivity contribution in [1.29, 1.82) is 0 Å². The summed E-state index contributed by atoms with van der Waals surface area (Å²) in [5, 5.41) is 0. The van der Waals surface area contributed by atoms with Gasteiger partial charge in [-0.05, 0) is 72.4 Å². The van der Waals surface area contributed by atoms with Gasteiger partial charge in [0.25, 0.3) is 0 Å². The van der Waals surface area contributed by atoms with Crippen molar-refractivity contribution in [1.82, 2.24) is 0 Å². The summed E-state index contributed by atoms with van der Waals surface area (Å²) in [6.45, 7) is 6.79. The van der Waals surface area contributed by atoms with E-state index in [9.17, 15) is 9.79 Å². The molecule has 0 atom stereocenters. The van der Waals surface area contributed by atoms with Gasteiger partial charge in [0.2, 0.25) is 0 Å². The number of unbranched alkanes of at least 4 members (excludes halogenated alkanes) is 13. The summed E-state index contributed by atoms with van der Waals surface area (Å²) in [7, 11) is -2.44. The highest BCUT2D eigenvalue weighted by atomic mass is 31.2. The Morgan fingerprint density at radius 3 is 1.63 bits per heavy atom. The Balaban J connectivity index is 2.32. The van der Waals surface area contributed by atoms with Crippen molar-refractivity contribution in [2.45, 2.75) is 143 Å². The number of hydrogen-bond acceptors (Lipinski definition) is 3. The maximum absolute atomic E-state index is 9.76. The van der Waals surface area contributed by atoms with E-state index in [2.05, 4.69) is 51.1 Å². The van der Waals surface area contributed by atoms with Gasteiger partial charge in [0.1, 0.15) is 5.75 Å². The fourth-order valence-electron chi connectivity index (χ4n) is 5.54. The van der Waals surface area contributed by atoms with Gasteiger partial charge in [-0.25, -0.2) is 0 Å². The van der Waals surface area contributed by atoms with Gasteiger partial charge >= 0.3 is 8.60 Å². The quantitative estimate of drug-likeness (QED) is 0.115. The lowest BCUT2D eigenvalue weighted by molar-refractivity contribution is 0.373. The fourth-order valence-corrected chi connectivity index (χ4v) is 5.89. The molecule has 38 heavy (non-hydrogen) atoms. The van der Waals surface area contributed by atoms with E-state index in [1.165, 1.54) is 118 Å². The largest absolute Gasteiger partial charge is 0.427 e. The molecule has 0 fully saturated rings. The van der Waals surface area contributed by atoms with Crippen molar-refractivity contribution in [3.8, 4) is 16.9 Å². The van der Waals surface area contributed by atoms with E-state index >= 15 is 0 Å². The van der Waals surface area contributed by atoms with Crippen LogP contribution in [-0.2, 0) is 19.3 Å². The summed E-state index contributed by atoms with van der Waals surface area (Å²) < 4.78 is 5.63. The SMILES string of the molecule is CCCCCCCCCc1c(OP(O)O)ccc(-c2ccccc2CCCC)c1CCCCCCCCC. The second-order valence-corrected chi connectivity index (χ2v) is 11.6. The molecule has 2 N–H and O–H groups in total. The van der Waals surface area contributed by atoms with Crippen molar-refractivity contribution in [3.63, 3.8) is 0 Å². The second-order valence-electron chi connectivity index (χ2n) is 10.9. The molecule has 0 heterocycles. The van der Waals surface area contributed by atoms with Crippen LogP contribution in [0.1, 0.15) is 140 Å². The molecule has 0 aliphatic rings. The minimum absolute atomic E-state index is 0.667. The first-order valence-electron chi connectivity index (χ1n) is 15.7. The van der Waals surface area contributed by atoms with Crippen LogP contribution in [0.15, 0.2) is 36.4 Å². The fraction of sp³-hybridized carbons (Fsp3) is 0.647. The second kappa shape index (κ2) is 20.5. The first-order chi connectivity index (χ1) is 18.6. The van der Waals surface area contributed by atoms with E-state index in [4.69, 9.17) is 4.52 Å². The van der Waals surface area contributed by atoms with Gasteiger partial charge in [-0.1, -0.05) is 135 Å². The first-order valence-corrected chi connectivity index (χ1v) is 16.9. The summed E-state index contributed by atoms with van der Waals surface area (Å²) in [6, 6.07) is 13.0. The summed E-state index contributed by atoms with van der Waals surface area (Å²) >= 11 is 0. The minimum atomic E-state index is -2.44. The molecule has 0 spiro atoms. The predicted octanol–water partition coefficient (Wildman–Crippen LogP) is 10.9. The average molecular weight is 543 g/mol. The minimum Gasteiger partial charge on any atom is -0.427 e. The Morgan fingerprint density at radius 1 is 0.526 bits per heavy atom. The standard InChI is InChI=1S/C34H55O3P/c1-4-7-10-12-14-16-18-25-31-32(30-24-21-20-23-29(30)22-9-6-3)27-28-34(37-38(35)36)33(31)26-19-17-15-13-11-8-5-2/h20-21,23-24,27-28,35-36H,4-19,22,25-26H2,1-3H3. The maximum atomic E-state index is 9.76. The van der Waals surface area contributed by atoms with E-state index in [-0.39, 0.29) is 0 Å². The van der Waals surface area contributed by atoms with Crippen LogP contribution in [0.5, 0.6) is 5.75 Å². The summed E-state index contributed by atoms with van der Waals surface area (Å²) in [4.78, 5) is 19.5. The molecule has 0 saturated carbocycles. The van der Waals surface area contributed by atoms with E-state index in [1.807, 2.05) is 6.07 Å². The lowest BCUT2D eigenvalue weighted by Gasteiger charge is -2.21. The predicted molar refractivity (Wildman–Crippen MR) is 166 cm³/mol. The van der Waals surface area contributed by atoms with Crippen LogP contribution >= 0.6 is 8.60 Å². The highest BCUT2D eigenvalue weighted by molar-refractivity contribution is 7.39. The van der Waals surface area contributed by atoms with Gasteiger partial charge in [-0.15, -0.1) is 0 Å². The molecule has 2 aromatic rings. The normalized spacial score (nSPS) is 11.4. The molecule has 0 unspecified atom stereocenters. The van der Waals surface area contributed by atoms with Gasteiger partial charge in [0, 0.05) is 0 Å². The molecule has 214 valence electrons. The van der Waals surface area contributed by atoms with Crippen molar-refractivity contribution >= 4 is 8.60 Å². The molecular weight excluding hydrogens is 487 g/mol. The summed E-state index contributed by atoms with van der Waals surface area (Å²) in [5.74, 6) is 0.667. The molecule has 0 aliphatic heterocycles. The number of rotatable bonds is 22. The Hall–Kier alpha value is -1.41. The summed E-state index contributed by atoms with van der Waals surface area (Å²) in [6.07, 6.45) is 23.3. The van der Waals surface area contributed by atoms with Crippen molar-refractivity contribution in [2.24, 2.45) is 0 Å². The third-order valence-corrected chi connectivity index (χ3v) is 8.10. The molecule has 0 amide bonds. The molecule has 4 heteroatoms. The van der Waals surface area contributed by atoms with E-state index in [0.717, 1.165) is 32.1 Å². The van der Waals surface area contributed by atoms with Crippen LogP contribution in [0.25, 0.3) is 11.1 Å². The maximum Gasteiger partial charge on any atom is 0.391 e. The Bertz CT molecular complexity index is 880. The van der Waals surface area contributed by atoms with Crippen LogP contribution in [0.3, 0.4) is 0 Å². The Labute approximate surface area is 235 Å². The van der Waals surface area contributed by atoms with E-state index < -0.39 is 8.60 Å². The van der Waals surface area contributed by atoms with Crippen molar-refractivity contribution < 1.29 is 14.3 Å². The molecule has 3 nitrogen and oxygen atoms in total. The van der Waals surface area contributed by atoms with Crippen LogP contribution < -0.4 is 4.52 Å². The summed E-state index contributed by atoms with van der Waals surface area (Å²) in [5.41, 5.74) is 6.62. The number of aryl methyl sites for hydroxylation is 1. The lowest BCUT2D eigenvalue weighted by atomic mass is 9.86. The van der Waals surface area contributed by atoms with Gasteiger partial charge in [0.15, 0.2) is 0 Å². The van der Waals surface area contributed by atoms with Gasteiger partial charge in [-0.2, -0.15) is 0 Å². The molecule has 0 aliphatic carbocycles. The topological polar surface area (TPSA) is 49.7 Å². The molecule has 0 bridgehead atoms. The van der Waals surface area contributed by atoms with Gasteiger partial charge < -0.3 is 14.3 Å². The number of benzene rings is 2. The monoisotopic (exact) mass is 542 g/mol. The molecule has 0 radical (unpaired) electrons. The molecular formula is C34H55O3P. The lowest BCUT2D eigenvalue weighted by Crippen LogP contribution is -2.04. The van der Waals surface area contributed by atoms with Crippen LogP contribution in [0, 0.1) is 0 Å². The molecule has 0 aromatic heterocycles. The smallest absolute Gasteiger partial charge is 0.391 e. The van der Waals surface area contributed by atoms with Crippen LogP contribution in [0.4, 0.5) is 0 Å². The zero-order chi connectivity index (χ0) is 27.4. The molecule has 2 rings (SSSR count). The highest BCUT2D eigenvalue weighted by Gasteiger charge is 2.19. The highest BCUT2D eigenvalue weighted by Crippen LogP contribution is 2.40. The Kier molecular flexibility index (Phi) is 17.7. The van der Waals surface area contributed by atoms with Gasteiger partial charge in [-0.3, -0.25) is 0 Å². The zero-order valence-electron chi connectivity index (χ0n) is 24.6. The van der Waals surface area contributed by atoms with Crippen LogP contribution in [-0.4, -0.2) is 9.79 Å². The van der Waals surface area contributed by atoms with E-state index in [1.54, 1.807) is 0 Å². The third kappa shape index (κ3) is 12.2. The Morgan fingerprint density at radius 2 is 1.05 bits per heavy atom. The molecule has 2 aromatic carbocycles. The first kappa shape index (κ1) is 32.8. The number of hydrogen-bond donors (Lipinski definition) is 2. The van der Waals surface area contributed by atoms with Gasteiger partial charge in [0.05, 0.1) is 0 Å². The van der Waals surface area contributed by atoms with Crippen molar-refractivity contribution in [3.05, 3.63) is 53.1 Å². The average Bonchev–Trinajstić information content (AvgIpc) is 2.92. The zero-order valence-corrected chi connectivity index (χ0v) is 25.5. The molecule has 0 saturated heterocycles. The van der Waals surface area contributed by atoms with E-state index in [0.29, 0.717) is 5.75 Å².